The SMILES string of the molecule is C=C(C(=O)c1ccccc1)c1ccc(CO[C@H]2O[C@H](CO)[C@@H](O)[C@H](O)[C@H]2O)o1. The number of rotatable bonds is 7. The summed E-state index contributed by atoms with van der Waals surface area (Å²) in [6.07, 6.45) is -6.80. The Labute approximate surface area is 161 Å². The number of carbonyl (C=O) groups excluding carboxylic acids is 1. The molecule has 1 aromatic carbocycles. The summed E-state index contributed by atoms with van der Waals surface area (Å²) in [4.78, 5) is 12.4. The molecule has 0 bridgehead atoms. The second-order valence-electron chi connectivity index (χ2n) is 6.45. The van der Waals surface area contributed by atoms with Crippen LogP contribution in [0.25, 0.3) is 5.57 Å². The summed E-state index contributed by atoms with van der Waals surface area (Å²) in [5.74, 6) is 0.353. The average molecular weight is 390 g/mol. The van der Waals surface area contributed by atoms with Gasteiger partial charge in [-0.3, -0.25) is 4.79 Å². The third-order valence-corrected chi connectivity index (χ3v) is 4.51. The van der Waals surface area contributed by atoms with Gasteiger partial charge in [-0.25, -0.2) is 0 Å². The zero-order chi connectivity index (χ0) is 20.3. The zero-order valence-electron chi connectivity index (χ0n) is 15.0. The number of aliphatic hydroxyl groups is 4. The van der Waals surface area contributed by atoms with Gasteiger partial charge in [0.25, 0.3) is 0 Å². The molecule has 28 heavy (non-hydrogen) atoms. The van der Waals surface area contributed by atoms with Crippen molar-refractivity contribution in [3.8, 4) is 0 Å². The maximum atomic E-state index is 12.4. The summed E-state index contributed by atoms with van der Waals surface area (Å²) in [5.41, 5.74) is 0.674. The Balaban J connectivity index is 1.62. The van der Waals surface area contributed by atoms with Crippen LogP contribution in [0, 0.1) is 0 Å². The largest absolute Gasteiger partial charge is 0.459 e. The monoisotopic (exact) mass is 390 g/mol. The van der Waals surface area contributed by atoms with Crippen LogP contribution in [0.3, 0.4) is 0 Å². The van der Waals surface area contributed by atoms with E-state index in [0.717, 1.165) is 0 Å². The molecule has 1 aromatic heterocycles. The molecule has 0 spiro atoms. The Hall–Kier alpha value is -2.33. The number of hydrogen-bond donors (Lipinski definition) is 4. The van der Waals surface area contributed by atoms with Crippen LogP contribution in [0.1, 0.15) is 21.9 Å². The lowest BCUT2D eigenvalue weighted by molar-refractivity contribution is -0.304. The van der Waals surface area contributed by atoms with Crippen molar-refractivity contribution < 1.29 is 39.1 Å². The van der Waals surface area contributed by atoms with E-state index < -0.39 is 37.3 Å². The van der Waals surface area contributed by atoms with E-state index in [-0.39, 0.29) is 23.7 Å². The van der Waals surface area contributed by atoms with Crippen LogP contribution in [-0.2, 0) is 16.1 Å². The van der Waals surface area contributed by atoms with Gasteiger partial charge in [0, 0.05) is 5.56 Å². The van der Waals surface area contributed by atoms with Gasteiger partial charge in [0.15, 0.2) is 12.1 Å². The minimum atomic E-state index is -1.52. The van der Waals surface area contributed by atoms with E-state index in [1.165, 1.54) is 0 Å². The van der Waals surface area contributed by atoms with Crippen molar-refractivity contribution in [1.29, 1.82) is 0 Å². The fourth-order valence-electron chi connectivity index (χ4n) is 2.86. The van der Waals surface area contributed by atoms with Crippen molar-refractivity contribution in [1.82, 2.24) is 0 Å². The van der Waals surface area contributed by atoms with E-state index in [1.54, 1.807) is 42.5 Å². The molecule has 0 radical (unpaired) electrons. The Bertz CT molecular complexity index is 813. The predicted molar refractivity (Wildman–Crippen MR) is 97.1 cm³/mol. The normalized spacial score (nSPS) is 27.5. The summed E-state index contributed by atoms with van der Waals surface area (Å²) < 4.78 is 16.2. The topological polar surface area (TPSA) is 130 Å². The molecule has 2 heterocycles. The molecule has 0 amide bonds. The first-order valence-corrected chi connectivity index (χ1v) is 8.72. The van der Waals surface area contributed by atoms with Crippen molar-refractivity contribution in [2.75, 3.05) is 6.61 Å². The Morgan fingerprint density at radius 1 is 1.04 bits per heavy atom. The van der Waals surface area contributed by atoms with E-state index >= 15 is 0 Å². The molecule has 2 aromatic rings. The van der Waals surface area contributed by atoms with Crippen LogP contribution in [0.15, 0.2) is 53.5 Å². The second kappa shape index (κ2) is 8.78. The third-order valence-electron chi connectivity index (χ3n) is 4.51. The molecule has 1 saturated heterocycles. The van der Waals surface area contributed by atoms with Gasteiger partial charge in [0.1, 0.15) is 42.5 Å². The molecule has 1 fully saturated rings. The van der Waals surface area contributed by atoms with Crippen molar-refractivity contribution in [2.45, 2.75) is 37.3 Å². The number of benzene rings is 1. The number of aliphatic hydroxyl groups excluding tert-OH is 4. The summed E-state index contributed by atoms with van der Waals surface area (Å²) >= 11 is 0. The van der Waals surface area contributed by atoms with Crippen molar-refractivity contribution in [2.24, 2.45) is 0 Å². The van der Waals surface area contributed by atoms with Crippen LogP contribution < -0.4 is 0 Å². The van der Waals surface area contributed by atoms with E-state index in [0.29, 0.717) is 11.3 Å². The highest BCUT2D eigenvalue weighted by Gasteiger charge is 2.44. The van der Waals surface area contributed by atoms with Gasteiger partial charge in [-0.1, -0.05) is 36.9 Å². The van der Waals surface area contributed by atoms with Crippen LogP contribution in [0.5, 0.6) is 0 Å². The summed E-state index contributed by atoms with van der Waals surface area (Å²) in [7, 11) is 0. The molecule has 8 heteroatoms. The molecule has 0 aliphatic carbocycles. The highest BCUT2D eigenvalue weighted by molar-refractivity contribution is 6.27. The number of Topliss-reactive ketones (excluding diaryl/α,β-unsaturated/α-hetero) is 1. The Kier molecular flexibility index (Phi) is 6.40. The molecule has 4 N–H and O–H groups in total. The summed E-state index contributed by atoms with van der Waals surface area (Å²) in [5, 5.41) is 38.7. The molecule has 1 aliphatic rings. The standard InChI is InChI=1S/C20H22O8/c1-11(16(22)12-5-3-2-4-6-12)14-8-7-13(27-14)10-26-20-19(25)18(24)17(23)15(9-21)28-20/h2-8,15,17-21,23-25H,1,9-10H2/t15-,17-,18+,19-,20+/m1/s1. The fourth-order valence-corrected chi connectivity index (χ4v) is 2.86. The van der Waals surface area contributed by atoms with E-state index in [9.17, 15) is 25.2 Å². The fraction of sp³-hybridized carbons (Fsp3) is 0.350. The smallest absolute Gasteiger partial charge is 0.196 e. The van der Waals surface area contributed by atoms with Gasteiger partial charge < -0.3 is 34.3 Å². The lowest BCUT2D eigenvalue weighted by Gasteiger charge is -2.39. The zero-order valence-corrected chi connectivity index (χ0v) is 15.0. The van der Waals surface area contributed by atoms with Gasteiger partial charge in [-0.2, -0.15) is 0 Å². The molecule has 0 saturated carbocycles. The second-order valence-corrected chi connectivity index (χ2v) is 6.45. The number of ether oxygens (including phenoxy) is 2. The first-order valence-electron chi connectivity index (χ1n) is 8.72. The number of allylic oxidation sites excluding steroid dienone is 1. The first-order chi connectivity index (χ1) is 13.4. The van der Waals surface area contributed by atoms with Gasteiger partial charge in [0.2, 0.25) is 0 Å². The van der Waals surface area contributed by atoms with Crippen LogP contribution in [-0.4, -0.2) is 63.5 Å². The lowest BCUT2D eigenvalue weighted by Crippen LogP contribution is -2.59. The molecule has 150 valence electrons. The molecule has 1 aliphatic heterocycles. The highest BCUT2D eigenvalue weighted by atomic mass is 16.7. The molecular weight excluding hydrogens is 368 g/mol. The maximum absolute atomic E-state index is 12.4. The Morgan fingerprint density at radius 3 is 2.43 bits per heavy atom. The van der Waals surface area contributed by atoms with Crippen LogP contribution in [0.2, 0.25) is 0 Å². The van der Waals surface area contributed by atoms with Crippen molar-refractivity contribution in [3.05, 3.63) is 66.1 Å². The van der Waals surface area contributed by atoms with Crippen molar-refractivity contribution in [3.63, 3.8) is 0 Å². The average Bonchev–Trinajstić information content (AvgIpc) is 3.20. The lowest BCUT2D eigenvalue weighted by atomic mass is 9.99. The number of carbonyl (C=O) groups is 1. The minimum Gasteiger partial charge on any atom is -0.459 e. The predicted octanol–water partition coefficient (Wildman–Crippen LogP) is 0.492. The molecule has 3 rings (SSSR count). The van der Waals surface area contributed by atoms with E-state index in [2.05, 4.69) is 6.58 Å². The quantitative estimate of drug-likeness (QED) is 0.397. The first kappa shape index (κ1) is 20.4. The van der Waals surface area contributed by atoms with E-state index in [4.69, 9.17) is 13.9 Å². The molecule has 5 atom stereocenters. The third kappa shape index (κ3) is 4.22. The number of hydrogen-bond acceptors (Lipinski definition) is 8. The van der Waals surface area contributed by atoms with Crippen LogP contribution >= 0.6 is 0 Å². The molecule has 0 unspecified atom stereocenters. The molecular formula is C20H22O8. The summed E-state index contributed by atoms with van der Waals surface area (Å²) in [6, 6.07) is 11.8. The van der Waals surface area contributed by atoms with E-state index in [1.807, 2.05) is 0 Å². The van der Waals surface area contributed by atoms with Crippen molar-refractivity contribution >= 4 is 11.4 Å². The van der Waals surface area contributed by atoms with Gasteiger partial charge >= 0.3 is 0 Å². The minimum absolute atomic E-state index is 0.129. The number of ketones is 1. The summed E-state index contributed by atoms with van der Waals surface area (Å²) in [6.45, 7) is 3.10. The van der Waals surface area contributed by atoms with Gasteiger partial charge in [-0.15, -0.1) is 0 Å². The number of furan rings is 1. The maximum Gasteiger partial charge on any atom is 0.196 e. The highest BCUT2D eigenvalue weighted by Crippen LogP contribution is 2.25. The van der Waals surface area contributed by atoms with Gasteiger partial charge in [-0.05, 0) is 12.1 Å². The molecule has 8 nitrogen and oxygen atoms in total. The van der Waals surface area contributed by atoms with Gasteiger partial charge in [0.05, 0.1) is 12.2 Å². The van der Waals surface area contributed by atoms with Crippen LogP contribution in [0.4, 0.5) is 0 Å². The Morgan fingerprint density at radius 2 is 1.75 bits per heavy atom.